The summed E-state index contributed by atoms with van der Waals surface area (Å²) >= 11 is 0. The van der Waals surface area contributed by atoms with Gasteiger partial charge in [0.25, 0.3) is 5.91 Å². The lowest BCUT2D eigenvalue weighted by atomic mass is 10.0. The van der Waals surface area contributed by atoms with Crippen LogP contribution < -0.4 is 5.32 Å². The molecule has 5 heteroatoms. The maximum atomic E-state index is 12.1. The Morgan fingerprint density at radius 2 is 2.30 bits per heavy atom. The summed E-state index contributed by atoms with van der Waals surface area (Å²) in [5.74, 6) is 5.80. The maximum Gasteiger partial charge on any atom is 0.257 e. The number of methoxy groups -OCH3 is 1. The molecule has 0 saturated heterocycles. The molecular formula is C15H20N2O3. The van der Waals surface area contributed by atoms with Crippen LogP contribution in [0.4, 0.5) is 5.82 Å². The van der Waals surface area contributed by atoms with Crippen LogP contribution in [0.5, 0.6) is 0 Å². The fraction of sp³-hybridized carbons (Fsp3) is 0.467. The predicted molar refractivity (Wildman–Crippen MR) is 77.2 cm³/mol. The van der Waals surface area contributed by atoms with Crippen LogP contribution in [0, 0.1) is 11.8 Å². The van der Waals surface area contributed by atoms with Gasteiger partial charge < -0.3 is 15.2 Å². The lowest BCUT2D eigenvalue weighted by Crippen LogP contribution is -2.41. The van der Waals surface area contributed by atoms with Crippen molar-refractivity contribution in [2.24, 2.45) is 0 Å². The van der Waals surface area contributed by atoms with E-state index in [9.17, 15) is 4.79 Å². The molecule has 0 aliphatic heterocycles. The molecule has 0 aliphatic rings. The first-order valence-electron chi connectivity index (χ1n) is 6.49. The minimum Gasteiger partial charge on any atom is -0.395 e. The fourth-order valence-electron chi connectivity index (χ4n) is 1.43. The monoisotopic (exact) mass is 276 g/mol. The van der Waals surface area contributed by atoms with Gasteiger partial charge in [-0.2, -0.15) is 0 Å². The number of nitrogens with one attached hydrogen (secondary N) is 1. The molecule has 0 radical (unpaired) electrons. The molecule has 1 amide bonds. The number of aliphatic hydroxyl groups excluding tert-OH is 1. The van der Waals surface area contributed by atoms with Gasteiger partial charge in [0.2, 0.25) is 0 Å². The van der Waals surface area contributed by atoms with Gasteiger partial charge in [0.15, 0.2) is 0 Å². The number of hydrogen-bond acceptors (Lipinski definition) is 4. The molecule has 1 aromatic heterocycles. The largest absolute Gasteiger partial charge is 0.395 e. The van der Waals surface area contributed by atoms with E-state index in [-0.39, 0.29) is 12.5 Å². The number of aliphatic hydroxyl groups is 1. The number of amides is 1. The van der Waals surface area contributed by atoms with Gasteiger partial charge in [0, 0.05) is 13.5 Å². The van der Waals surface area contributed by atoms with Crippen molar-refractivity contribution in [3.05, 3.63) is 23.9 Å². The summed E-state index contributed by atoms with van der Waals surface area (Å²) in [6.45, 7) is 3.63. The Labute approximate surface area is 119 Å². The van der Waals surface area contributed by atoms with E-state index < -0.39 is 5.60 Å². The Bertz CT molecular complexity index is 513. The van der Waals surface area contributed by atoms with E-state index in [0.717, 1.165) is 0 Å². The van der Waals surface area contributed by atoms with Crippen LogP contribution in [-0.2, 0) is 9.53 Å². The molecule has 0 saturated carbocycles. The number of rotatable bonds is 5. The number of carbonyl (C=O) groups excluding carboxylic acids is 1. The van der Waals surface area contributed by atoms with Crippen LogP contribution in [0.25, 0.3) is 0 Å². The van der Waals surface area contributed by atoms with E-state index in [1.54, 1.807) is 25.1 Å². The van der Waals surface area contributed by atoms with E-state index in [2.05, 4.69) is 22.1 Å². The van der Waals surface area contributed by atoms with Gasteiger partial charge in [0.1, 0.15) is 17.1 Å². The molecule has 2 N–H and O–H groups in total. The van der Waals surface area contributed by atoms with Gasteiger partial charge in [-0.3, -0.25) is 4.79 Å². The minimum absolute atomic E-state index is 0.0200. The summed E-state index contributed by atoms with van der Waals surface area (Å²) in [5.41, 5.74) is -0.327. The summed E-state index contributed by atoms with van der Waals surface area (Å²) in [4.78, 5) is 16.3. The van der Waals surface area contributed by atoms with Gasteiger partial charge in [-0.15, -0.1) is 0 Å². The van der Waals surface area contributed by atoms with Gasteiger partial charge >= 0.3 is 0 Å². The summed E-state index contributed by atoms with van der Waals surface area (Å²) in [6.07, 6.45) is 0.960. The molecule has 1 heterocycles. The molecule has 1 atom stereocenters. The van der Waals surface area contributed by atoms with Crippen molar-refractivity contribution >= 4 is 11.7 Å². The first kappa shape index (κ1) is 16.2. The molecule has 0 spiro atoms. The third-order valence-electron chi connectivity index (χ3n) is 3.05. The van der Waals surface area contributed by atoms with Crippen molar-refractivity contribution < 1.29 is 14.6 Å². The van der Waals surface area contributed by atoms with Gasteiger partial charge in [0.05, 0.1) is 6.61 Å². The maximum absolute atomic E-state index is 12.1. The number of carbonyl (C=O) groups is 1. The van der Waals surface area contributed by atoms with Crippen molar-refractivity contribution in [3.63, 3.8) is 0 Å². The molecule has 1 aromatic rings. The lowest BCUT2D eigenvalue weighted by molar-refractivity contribution is -0.136. The Hall–Kier alpha value is -1.90. The molecule has 20 heavy (non-hydrogen) atoms. The van der Waals surface area contributed by atoms with Gasteiger partial charge in [-0.05, 0) is 31.4 Å². The lowest BCUT2D eigenvalue weighted by Gasteiger charge is -2.24. The van der Waals surface area contributed by atoms with Gasteiger partial charge in [-0.1, -0.05) is 18.9 Å². The molecular weight excluding hydrogens is 256 g/mol. The van der Waals surface area contributed by atoms with E-state index in [1.165, 1.54) is 7.11 Å². The quantitative estimate of drug-likeness (QED) is 0.801. The van der Waals surface area contributed by atoms with Crippen LogP contribution in [0.15, 0.2) is 18.2 Å². The number of pyridine rings is 1. The molecule has 1 rings (SSSR count). The Morgan fingerprint density at radius 3 is 2.90 bits per heavy atom. The summed E-state index contributed by atoms with van der Waals surface area (Å²) in [7, 11) is 1.51. The molecule has 1 unspecified atom stereocenters. The summed E-state index contributed by atoms with van der Waals surface area (Å²) in [5, 5.41) is 11.4. The third-order valence-corrected chi connectivity index (χ3v) is 3.05. The number of hydrogen-bond donors (Lipinski definition) is 2. The average Bonchev–Trinajstić information content (AvgIpc) is 2.47. The second kappa shape index (κ2) is 7.63. The van der Waals surface area contributed by atoms with E-state index in [0.29, 0.717) is 24.4 Å². The molecule has 0 aliphatic carbocycles. The third kappa shape index (κ3) is 4.34. The topological polar surface area (TPSA) is 71.5 Å². The highest BCUT2D eigenvalue weighted by atomic mass is 16.5. The van der Waals surface area contributed by atoms with E-state index in [4.69, 9.17) is 9.84 Å². The average molecular weight is 276 g/mol. The first-order chi connectivity index (χ1) is 9.55. The van der Waals surface area contributed by atoms with Gasteiger partial charge in [-0.25, -0.2) is 4.98 Å². The SMILES string of the molecule is CCC(C)(OC)C(=O)Nc1cccc(C#CCCO)n1. The van der Waals surface area contributed by atoms with Crippen molar-refractivity contribution in [2.45, 2.75) is 32.3 Å². The van der Waals surface area contributed by atoms with Crippen LogP contribution in [0.2, 0.25) is 0 Å². The van der Waals surface area contributed by atoms with Crippen molar-refractivity contribution in [1.29, 1.82) is 0 Å². The predicted octanol–water partition coefficient (Wildman–Crippen LogP) is 1.57. The number of anilines is 1. The highest BCUT2D eigenvalue weighted by Gasteiger charge is 2.31. The molecule has 108 valence electrons. The molecule has 0 fully saturated rings. The zero-order valence-corrected chi connectivity index (χ0v) is 12.1. The van der Waals surface area contributed by atoms with Crippen LogP contribution in [0.1, 0.15) is 32.4 Å². The number of aromatic nitrogens is 1. The standard InChI is InChI=1S/C15H20N2O3/c1-4-15(2,20-3)14(19)17-13-10-7-9-12(16-13)8-5-6-11-18/h7,9-10,18H,4,6,11H2,1-3H3,(H,16,17,19). The van der Waals surface area contributed by atoms with Crippen LogP contribution in [0.3, 0.4) is 0 Å². The molecule has 5 nitrogen and oxygen atoms in total. The smallest absolute Gasteiger partial charge is 0.257 e. The van der Waals surface area contributed by atoms with Crippen molar-refractivity contribution in [1.82, 2.24) is 4.98 Å². The van der Waals surface area contributed by atoms with Crippen LogP contribution >= 0.6 is 0 Å². The number of nitrogens with zero attached hydrogens (tertiary/aromatic N) is 1. The number of ether oxygens (including phenoxy) is 1. The second-order valence-corrected chi connectivity index (χ2v) is 4.43. The summed E-state index contributed by atoms with van der Waals surface area (Å²) in [6, 6.07) is 5.21. The zero-order chi connectivity index (χ0) is 15.0. The highest BCUT2D eigenvalue weighted by Crippen LogP contribution is 2.16. The first-order valence-corrected chi connectivity index (χ1v) is 6.49. The van der Waals surface area contributed by atoms with Crippen molar-refractivity contribution in [3.8, 4) is 11.8 Å². The zero-order valence-electron chi connectivity index (χ0n) is 12.1. The Morgan fingerprint density at radius 1 is 1.55 bits per heavy atom. The molecule has 0 bridgehead atoms. The summed E-state index contributed by atoms with van der Waals surface area (Å²) < 4.78 is 5.24. The van der Waals surface area contributed by atoms with Crippen molar-refractivity contribution in [2.75, 3.05) is 19.0 Å². The van der Waals surface area contributed by atoms with Crippen LogP contribution in [-0.4, -0.2) is 35.3 Å². The Kier molecular flexibility index (Phi) is 6.16. The minimum atomic E-state index is -0.875. The molecule has 0 aromatic carbocycles. The Balaban J connectivity index is 2.81. The fourth-order valence-corrected chi connectivity index (χ4v) is 1.43. The van der Waals surface area contributed by atoms with E-state index >= 15 is 0 Å². The highest BCUT2D eigenvalue weighted by molar-refractivity contribution is 5.96. The second-order valence-electron chi connectivity index (χ2n) is 4.43. The normalized spacial score (nSPS) is 13.0. The van der Waals surface area contributed by atoms with E-state index in [1.807, 2.05) is 6.92 Å².